The van der Waals surface area contributed by atoms with Gasteiger partial charge in [-0.3, -0.25) is 14.4 Å². The average molecular weight is 404 g/mol. The molecule has 4 N–H and O–H groups in total. The van der Waals surface area contributed by atoms with Crippen molar-refractivity contribution in [3.05, 3.63) is 58.1 Å². The molecule has 0 bridgehead atoms. The molecule has 28 heavy (non-hydrogen) atoms. The molecule has 7 nitrogen and oxygen atoms in total. The van der Waals surface area contributed by atoms with Gasteiger partial charge in [-0.1, -0.05) is 35.9 Å². The van der Waals surface area contributed by atoms with E-state index in [1.165, 1.54) is 0 Å². The molecule has 2 unspecified atom stereocenters. The molecule has 1 aromatic rings. The van der Waals surface area contributed by atoms with E-state index in [4.69, 9.17) is 17.3 Å². The van der Waals surface area contributed by atoms with Gasteiger partial charge < -0.3 is 21.2 Å². The Morgan fingerprint density at radius 3 is 2.75 bits per heavy atom. The van der Waals surface area contributed by atoms with E-state index in [2.05, 4.69) is 10.6 Å². The zero-order valence-electron chi connectivity index (χ0n) is 15.2. The molecule has 0 heterocycles. The first-order valence-electron chi connectivity index (χ1n) is 8.83. The fourth-order valence-electron chi connectivity index (χ4n) is 2.86. The van der Waals surface area contributed by atoms with Crippen LogP contribution in [-0.2, 0) is 25.7 Å². The Morgan fingerprint density at radius 1 is 1.32 bits per heavy atom. The smallest absolute Gasteiger partial charge is 0.252 e. The molecule has 8 heteroatoms. The number of carbonyl (C=O) groups is 4. The highest BCUT2D eigenvalue weighted by atomic mass is 35.5. The van der Waals surface area contributed by atoms with E-state index < -0.39 is 17.9 Å². The second-order valence-electron chi connectivity index (χ2n) is 6.38. The Labute approximate surface area is 168 Å². The molecule has 2 atom stereocenters. The van der Waals surface area contributed by atoms with Gasteiger partial charge in [0.2, 0.25) is 5.91 Å². The van der Waals surface area contributed by atoms with Crippen molar-refractivity contribution in [1.29, 1.82) is 0 Å². The molecule has 0 saturated heterocycles. The molecule has 1 aromatic carbocycles. The summed E-state index contributed by atoms with van der Waals surface area (Å²) in [6.07, 6.45) is 5.28. The molecular formula is C20H22ClN3O4. The molecule has 148 valence electrons. The molecule has 0 radical (unpaired) electrons. The number of hydrogen-bond donors (Lipinski definition) is 3. The van der Waals surface area contributed by atoms with Crippen LogP contribution in [0.25, 0.3) is 0 Å². The van der Waals surface area contributed by atoms with Gasteiger partial charge in [0.05, 0.1) is 0 Å². The van der Waals surface area contributed by atoms with E-state index in [1.807, 2.05) is 18.2 Å². The van der Waals surface area contributed by atoms with Crippen molar-refractivity contribution in [2.24, 2.45) is 5.73 Å². The van der Waals surface area contributed by atoms with Crippen molar-refractivity contribution in [3.63, 3.8) is 0 Å². The van der Waals surface area contributed by atoms with Crippen molar-refractivity contribution < 1.29 is 19.2 Å². The molecule has 0 spiro atoms. The molecular weight excluding hydrogens is 382 g/mol. The Balaban J connectivity index is 2.00. The van der Waals surface area contributed by atoms with E-state index >= 15 is 0 Å². The number of hydrogen-bond acceptors (Lipinski definition) is 5. The summed E-state index contributed by atoms with van der Waals surface area (Å²) in [6.45, 7) is 0.554. The lowest BCUT2D eigenvalue weighted by atomic mass is 9.94. The minimum atomic E-state index is -0.967. The number of nitrogens with two attached hydrogens (primary N) is 1. The third-order valence-electron chi connectivity index (χ3n) is 4.32. The van der Waals surface area contributed by atoms with Crippen molar-refractivity contribution in [3.8, 4) is 0 Å². The van der Waals surface area contributed by atoms with Crippen molar-refractivity contribution in [1.82, 2.24) is 10.6 Å². The summed E-state index contributed by atoms with van der Waals surface area (Å²) in [6, 6.07) is 6.33. The highest BCUT2D eigenvalue weighted by Crippen LogP contribution is 2.19. The van der Waals surface area contributed by atoms with Gasteiger partial charge in [0.1, 0.15) is 12.3 Å². The van der Waals surface area contributed by atoms with Crippen molar-refractivity contribution in [2.75, 3.05) is 0 Å². The number of amides is 2. The summed E-state index contributed by atoms with van der Waals surface area (Å²) in [7, 11) is 0. The normalized spacial score (nSPS) is 17.1. The fraction of sp³-hybridized carbons (Fsp3) is 0.300. The summed E-state index contributed by atoms with van der Waals surface area (Å²) < 4.78 is 0. The van der Waals surface area contributed by atoms with E-state index in [0.29, 0.717) is 30.6 Å². The lowest BCUT2D eigenvalue weighted by Gasteiger charge is -2.22. The van der Waals surface area contributed by atoms with Crippen LogP contribution in [0.4, 0.5) is 0 Å². The molecule has 1 aliphatic rings. The minimum absolute atomic E-state index is 0.0960. The van der Waals surface area contributed by atoms with Gasteiger partial charge in [0.25, 0.3) is 5.91 Å². The van der Waals surface area contributed by atoms with Gasteiger partial charge in [0.15, 0.2) is 6.29 Å². The van der Waals surface area contributed by atoms with Crippen LogP contribution in [0.3, 0.4) is 0 Å². The third-order valence-corrected chi connectivity index (χ3v) is 4.55. The van der Waals surface area contributed by atoms with E-state index in [0.717, 1.165) is 5.56 Å². The highest BCUT2D eigenvalue weighted by molar-refractivity contribution is 6.30. The SMILES string of the molecule is NC(=O)C(CCC=O)NC(=O)C1=CCC(NCc2cccc(Cl)c2)C=C1C=O. The van der Waals surface area contributed by atoms with Crippen LogP contribution in [0.5, 0.6) is 0 Å². The molecule has 2 rings (SSSR count). The van der Waals surface area contributed by atoms with E-state index in [9.17, 15) is 19.2 Å². The number of carbonyl (C=O) groups excluding carboxylic acids is 4. The Kier molecular flexibility index (Phi) is 8.10. The summed E-state index contributed by atoms with van der Waals surface area (Å²) in [4.78, 5) is 45.8. The average Bonchev–Trinajstić information content (AvgIpc) is 2.69. The first kappa shape index (κ1) is 21.5. The maximum atomic E-state index is 12.5. The second kappa shape index (κ2) is 10.5. The zero-order chi connectivity index (χ0) is 20.5. The van der Waals surface area contributed by atoms with Gasteiger partial charge in [-0.15, -0.1) is 0 Å². The van der Waals surface area contributed by atoms with Gasteiger partial charge in [-0.25, -0.2) is 0 Å². The lowest BCUT2D eigenvalue weighted by molar-refractivity contribution is -0.125. The summed E-state index contributed by atoms with van der Waals surface area (Å²) in [5.74, 6) is -1.30. The van der Waals surface area contributed by atoms with Crippen molar-refractivity contribution in [2.45, 2.75) is 37.9 Å². The molecule has 0 saturated carbocycles. The van der Waals surface area contributed by atoms with Crippen LogP contribution in [0.2, 0.25) is 5.02 Å². The number of benzene rings is 1. The summed E-state index contributed by atoms with van der Waals surface area (Å²) in [5, 5.41) is 6.42. The van der Waals surface area contributed by atoms with Crippen LogP contribution < -0.4 is 16.4 Å². The van der Waals surface area contributed by atoms with Crippen LogP contribution in [0, 0.1) is 0 Å². The van der Waals surface area contributed by atoms with Crippen LogP contribution in [0.15, 0.2) is 47.6 Å². The van der Waals surface area contributed by atoms with E-state index in [1.54, 1.807) is 18.2 Å². The van der Waals surface area contributed by atoms with Gasteiger partial charge in [-0.2, -0.15) is 0 Å². The number of primary amides is 1. The van der Waals surface area contributed by atoms with E-state index in [-0.39, 0.29) is 30.0 Å². The van der Waals surface area contributed by atoms with Crippen LogP contribution in [-0.4, -0.2) is 36.5 Å². The fourth-order valence-corrected chi connectivity index (χ4v) is 3.07. The molecule has 0 fully saturated rings. The zero-order valence-corrected chi connectivity index (χ0v) is 15.9. The highest BCUT2D eigenvalue weighted by Gasteiger charge is 2.24. The first-order chi connectivity index (χ1) is 13.4. The van der Waals surface area contributed by atoms with Crippen LogP contribution >= 0.6 is 11.6 Å². The number of halogens is 1. The number of rotatable bonds is 10. The third kappa shape index (κ3) is 6.14. The lowest BCUT2D eigenvalue weighted by Crippen LogP contribution is -2.45. The van der Waals surface area contributed by atoms with Gasteiger partial charge in [0, 0.05) is 35.2 Å². The molecule has 0 aliphatic heterocycles. The number of aldehydes is 2. The maximum Gasteiger partial charge on any atom is 0.252 e. The second-order valence-corrected chi connectivity index (χ2v) is 6.82. The van der Waals surface area contributed by atoms with Gasteiger partial charge >= 0.3 is 0 Å². The predicted molar refractivity (Wildman–Crippen MR) is 105 cm³/mol. The predicted octanol–water partition coefficient (Wildman–Crippen LogP) is 1.20. The Bertz CT molecular complexity index is 819. The Morgan fingerprint density at radius 2 is 2.11 bits per heavy atom. The molecule has 2 amide bonds. The first-order valence-corrected chi connectivity index (χ1v) is 9.21. The Hall–Kier alpha value is -2.77. The topological polar surface area (TPSA) is 118 Å². The quantitative estimate of drug-likeness (QED) is 0.507. The van der Waals surface area contributed by atoms with Gasteiger partial charge in [-0.05, 0) is 30.5 Å². The molecule has 0 aromatic heterocycles. The number of nitrogens with one attached hydrogen (secondary N) is 2. The standard InChI is InChI=1S/C20H22ClN3O4/c21-15-4-1-3-13(9-15)11-23-16-6-7-17(14(10-16)12-26)20(28)24-18(19(22)27)5-2-8-25/h1,3-4,7-10,12,16,18,23H,2,5-6,11H2,(H2,22,27)(H,24,28). The van der Waals surface area contributed by atoms with Crippen molar-refractivity contribution >= 4 is 36.0 Å². The monoisotopic (exact) mass is 403 g/mol. The van der Waals surface area contributed by atoms with Crippen LogP contribution in [0.1, 0.15) is 24.8 Å². The summed E-state index contributed by atoms with van der Waals surface area (Å²) >= 11 is 5.97. The largest absolute Gasteiger partial charge is 0.368 e. The maximum absolute atomic E-state index is 12.5. The minimum Gasteiger partial charge on any atom is -0.368 e. The molecule has 1 aliphatic carbocycles. The summed E-state index contributed by atoms with van der Waals surface area (Å²) in [5.41, 5.74) is 6.67.